The van der Waals surface area contributed by atoms with Crippen molar-refractivity contribution >= 4 is 17.5 Å². The van der Waals surface area contributed by atoms with E-state index in [2.05, 4.69) is 32.1 Å². The predicted octanol–water partition coefficient (Wildman–Crippen LogP) is 3.71. The molecule has 1 saturated heterocycles. The summed E-state index contributed by atoms with van der Waals surface area (Å²) in [5.74, 6) is 2.26. The minimum Gasteiger partial charge on any atom is -0.356 e. The number of piperidine rings is 1. The van der Waals surface area contributed by atoms with Crippen molar-refractivity contribution in [2.24, 2.45) is 5.92 Å². The van der Waals surface area contributed by atoms with Crippen LogP contribution in [0.3, 0.4) is 0 Å². The third-order valence-corrected chi connectivity index (χ3v) is 5.61. The summed E-state index contributed by atoms with van der Waals surface area (Å²) in [5, 5.41) is 2.94. The van der Waals surface area contributed by atoms with Crippen LogP contribution < -0.4 is 10.2 Å². The molecular formula is C23H26N6O. The molecule has 0 radical (unpaired) electrons. The quantitative estimate of drug-likeness (QED) is 0.716. The highest BCUT2D eigenvalue weighted by Gasteiger charge is 2.27. The maximum absolute atomic E-state index is 12.7. The molecule has 3 aromatic heterocycles. The highest BCUT2D eigenvalue weighted by molar-refractivity contribution is 5.91. The molecule has 1 amide bonds. The molecule has 4 rings (SSSR count). The molecule has 7 heteroatoms. The van der Waals surface area contributed by atoms with Crippen molar-refractivity contribution in [1.29, 1.82) is 0 Å². The number of amides is 1. The van der Waals surface area contributed by atoms with Gasteiger partial charge in [0, 0.05) is 54.4 Å². The van der Waals surface area contributed by atoms with Crippen molar-refractivity contribution in [3.8, 4) is 11.4 Å². The van der Waals surface area contributed by atoms with E-state index in [1.807, 2.05) is 38.1 Å². The van der Waals surface area contributed by atoms with Crippen molar-refractivity contribution in [2.75, 3.05) is 23.3 Å². The molecule has 1 aliphatic rings. The third kappa shape index (κ3) is 4.30. The number of carbonyl (C=O) groups excluding carboxylic acids is 1. The van der Waals surface area contributed by atoms with Crippen LogP contribution in [0.5, 0.6) is 0 Å². The Bertz CT molecular complexity index is 1030. The lowest BCUT2D eigenvalue weighted by Gasteiger charge is -2.33. The number of rotatable bonds is 4. The maximum Gasteiger partial charge on any atom is 0.228 e. The first kappa shape index (κ1) is 19.9. The average molecular weight is 403 g/mol. The molecule has 0 aromatic carbocycles. The first-order valence-corrected chi connectivity index (χ1v) is 10.3. The minimum atomic E-state index is -0.0228. The summed E-state index contributed by atoms with van der Waals surface area (Å²) in [7, 11) is 0. The molecular weight excluding hydrogens is 376 g/mol. The van der Waals surface area contributed by atoms with Crippen LogP contribution in [-0.2, 0) is 4.79 Å². The van der Waals surface area contributed by atoms with Gasteiger partial charge in [-0.1, -0.05) is 6.07 Å². The Morgan fingerprint density at radius 1 is 1.07 bits per heavy atom. The summed E-state index contributed by atoms with van der Waals surface area (Å²) in [6.45, 7) is 7.60. The highest BCUT2D eigenvalue weighted by atomic mass is 16.1. The zero-order valence-electron chi connectivity index (χ0n) is 17.6. The molecule has 30 heavy (non-hydrogen) atoms. The van der Waals surface area contributed by atoms with Crippen molar-refractivity contribution < 1.29 is 4.79 Å². The maximum atomic E-state index is 12.7. The number of hydrogen-bond donors (Lipinski definition) is 1. The molecule has 0 unspecified atom stereocenters. The summed E-state index contributed by atoms with van der Waals surface area (Å²) in [5.41, 5.74) is 4.02. The molecule has 154 valence electrons. The number of pyridine rings is 2. The average Bonchev–Trinajstić information content (AvgIpc) is 2.78. The zero-order valence-corrected chi connectivity index (χ0v) is 17.6. The van der Waals surface area contributed by atoms with Crippen molar-refractivity contribution in [2.45, 2.75) is 33.6 Å². The van der Waals surface area contributed by atoms with Gasteiger partial charge in [-0.15, -0.1) is 0 Å². The smallest absolute Gasteiger partial charge is 0.228 e. The molecule has 4 heterocycles. The standard InChI is InChI=1S/C23H26N6O/c1-15-6-7-20(25-13-15)27-23(30)18-8-11-29(12-9-18)22-16(2)17(3)26-21(28-22)19-5-4-10-24-14-19/h4-7,10,13-14,18H,8-9,11-12H2,1-3H3,(H,25,27,30). The first-order valence-electron chi connectivity index (χ1n) is 10.3. The molecule has 3 aromatic rings. The van der Waals surface area contributed by atoms with Gasteiger partial charge in [0.05, 0.1) is 0 Å². The Morgan fingerprint density at radius 2 is 1.87 bits per heavy atom. The van der Waals surface area contributed by atoms with E-state index in [1.165, 1.54) is 0 Å². The number of nitrogens with one attached hydrogen (secondary N) is 1. The van der Waals surface area contributed by atoms with E-state index in [-0.39, 0.29) is 11.8 Å². The largest absolute Gasteiger partial charge is 0.356 e. The van der Waals surface area contributed by atoms with Crippen LogP contribution in [0.2, 0.25) is 0 Å². The van der Waals surface area contributed by atoms with Crippen LogP contribution in [0.4, 0.5) is 11.6 Å². The highest BCUT2D eigenvalue weighted by Crippen LogP contribution is 2.28. The van der Waals surface area contributed by atoms with E-state index in [1.54, 1.807) is 18.6 Å². The van der Waals surface area contributed by atoms with Crippen LogP contribution in [0.1, 0.15) is 29.7 Å². The van der Waals surface area contributed by atoms with Crippen LogP contribution in [-0.4, -0.2) is 38.9 Å². The molecule has 0 atom stereocenters. The summed E-state index contributed by atoms with van der Waals surface area (Å²) < 4.78 is 0. The van der Waals surface area contributed by atoms with Crippen LogP contribution in [0.15, 0.2) is 42.9 Å². The lowest BCUT2D eigenvalue weighted by atomic mass is 9.95. The molecule has 7 nitrogen and oxygen atoms in total. The summed E-state index contributed by atoms with van der Waals surface area (Å²) >= 11 is 0. The van der Waals surface area contributed by atoms with Gasteiger partial charge in [-0.2, -0.15) is 0 Å². The number of hydrogen-bond acceptors (Lipinski definition) is 6. The van der Waals surface area contributed by atoms with Gasteiger partial charge in [0.25, 0.3) is 0 Å². The fraction of sp³-hybridized carbons (Fsp3) is 0.348. The normalized spacial score (nSPS) is 14.6. The first-order chi connectivity index (χ1) is 14.5. The van der Waals surface area contributed by atoms with Crippen molar-refractivity contribution in [3.05, 3.63) is 59.7 Å². The molecule has 0 bridgehead atoms. The Kier molecular flexibility index (Phi) is 5.70. The van der Waals surface area contributed by atoms with Crippen LogP contribution in [0, 0.1) is 26.7 Å². The second kappa shape index (κ2) is 8.57. The number of aryl methyl sites for hydroxylation is 2. The van der Waals surface area contributed by atoms with Crippen LogP contribution in [0.25, 0.3) is 11.4 Å². The van der Waals surface area contributed by atoms with Gasteiger partial charge < -0.3 is 10.2 Å². The van der Waals surface area contributed by atoms with Gasteiger partial charge in [0.15, 0.2) is 5.82 Å². The Morgan fingerprint density at radius 3 is 2.53 bits per heavy atom. The second-order valence-corrected chi connectivity index (χ2v) is 7.79. The van der Waals surface area contributed by atoms with E-state index >= 15 is 0 Å². The lowest BCUT2D eigenvalue weighted by molar-refractivity contribution is -0.120. The summed E-state index contributed by atoms with van der Waals surface area (Å²) in [6, 6.07) is 7.65. The number of anilines is 2. The summed E-state index contributed by atoms with van der Waals surface area (Å²) in [6.07, 6.45) is 6.85. The Hall–Kier alpha value is -3.35. The number of carbonyl (C=O) groups is 1. The second-order valence-electron chi connectivity index (χ2n) is 7.79. The van der Waals surface area contributed by atoms with Gasteiger partial charge in [0.2, 0.25) is 5.91 Å². The monoisotopic (exact) mass is 402 g/mol. The van der Waals surface area contributed by atoms with E-state index in [0.29, 0.717) is 11.6 Å². The van der Waals surface area contributed by atoms with Crippen molar-refractivity contribution in [1.82, 2.24) is 19.9 Å². The molecule has 0 spiro atoms. The molecule has 0 aliphatic carbocycles. The number of aromatic nitrogens is 4. The minimum absolute atomic E-state index is 0.0228. The lowest BCUT2D eigenvalue weighted by Crippen LogP contribution is -2.39. The fourth-order valence-electron chi connectivity index (χ4n) is 3.67. The molecule has 1 aliphatic heterocycles. The fourth-order valence-corrected chi connectivity index (χ4v) is 3.67. The SMILES string of the molecule is Cc1ccc(NC(=O)C2CCN(c3nc(-c4cccnc4)nc(C)c3C)CC2)nc1. The van der Waals surface area contributed by atoms with Gasteiger partial charge in [-0.3, -0.25) is 9.78 Å². The zero-order chi connectivity index (χ0) is 21.1. The topological polar surface area (TPSA) is 83.9 Å². The van der Waals surface area contributed by atoms with Gasteiger partial charge in [0.1, 0.15) is 11.6 Å². The molecule has 1 N–H and O–H groups in total. The van der Waals surface area contributed by atoms with Crippen molar-refractivity contribution in [3.63, 3.8) is 0 Å². The van der Waals surface area contributed by atoms with E-state index < -0.39 is 0 Å². The predicted molar refractivity (Wildman–Crippen MR) is 117 cm³/mol. The van der Waals surface area contributed by atoms with Gasteiger partial charge in [-0.25, -0.2) is 15.0 Å². The van der Waals surface area contributed by atoms with E-state index in [4.69, 9.17) is 4.98 Å². The van der Waals surface area contributed by atoms with Crippen LogP contribution >= 0.6 is 0 Å². The van der Waals surface area contributed by atoms with E-state index in [9.17, 15) is 4.79 Å². The summed E-state index contributed by atoms with van der Waals surface area (Å²) in [4.78, 5) is 32.8. The Balaban J connectivity index is 1.45. The third-order valence-electron chi connectivity index (χ3n) is 5.61. The number of nitrogens with zero attached hydrogens (tertiary/aromatic N) is 5. The van der Waals surface area contributed by atoms with Gasteiger partial charge >= 0.3 is 0 Å². The Labute approximate surface area is 176 Å². The van der Waals surface area contributed by atoms with E-state index in [0.717, 1.165) is 54.1 Å². The molecule has 0 saturated carbocycles. The van der Waals surface area contributed by atoms with Gasteiger partial charge in [-0.05, 0) is 57.4 Å². The molecule has 1 fully saturated rings.